The number of aromatic amines is 1. The Balaban J connectivity index is 0.00000133. The molecule has 0 atom stereocenters. The minimum absolute atomic E-state index is 0. The van der Waals surface area contributed by atoms with Gasteiger partial charge in [-0.1, -0.05) is 10.2 Å². The second-order valence-electron chi connectivity index (χ2n) is 3.66. The molecule has 3 rings (SSSR count). The molecule has 19 heavy (non-hydrogen) atoms. The van der Waals surface area contributed by atoms with Gasteiger partial charge in [0.15, 0.2) is 0 Å². The van der Waals surface area contributed by atoms with E-state index < -0.39 is 0 Å². The standard InChI is InChI=1S/C11H9N5O2.Na.H/c1-18-11-13-15-16(14-11)8-3-4-9-7(6-8)2-5-10(17)12-9;;/h2-6H,1H3,(H,12,17);;. The predicted octanol–water partition coefficient (Wildman–Crippen LogP) is -0.136. The van der Waals surface area contributed by atoms with Crippen molar-refractivity contribution in [2.45, 2.75) is 0 Å². The zero-order valence-electron chi connectivity index (χ0n) is 9.49. The molecule has 7 nitrogen and oxygen atoms in total. The van der Waals surface area contributed by atoms with Crippen LogP contribution in [0.2, 0.25) is 0 Å². The Morgan fingerprint density at radius 2 is 2.11 bits per heavy atom. The molecule has 0 aliphatic heterocycles. The number of benzene rings is 1. The third-order valence-electron chi connectivity index (χ3n) is 2.52. The molecular formula is C11H10N5NaO2. The maximum atomic E-state index is 11.2. The van der Waals surface area contributed by atoms with Crippen LogP contribution in [0, 0.1) is 0 Å². The van der Waals surface area contributed by atoms with Gasteiger partial charge in [-0.25, -0.2) is 0 Å². The number of ether oxygens (including phenoxy) is 1. The van der Waals surface area contributed by atoms with Gasteiger partial charge in [-0.3, -0.25) is 4.79 Å². The Morgan fingerprint density at radius 3 is 2.84 bits per heavy atom. The van der Waals surface area contributed by atoms with Crippen LogP contribution in [0.5, 0.6) is 6.01 Å². The van der Waals surface area contributed by atoms with Gasteiger partial charge in [0.25, 0.3) is 0 Å². The zero-order valence-corrected chi connectivity index (χ0v) is 9.49. The number of rotatable bonds is 2. The van der Waals surface area contributed by atoms with E-state index in [1.54, 1.807) is 18.2 Å². The van der Waals surface area contributed by atoms with Gasteiger partial charge in [-0.2, -0.15) is 0 Å². The second kappa shape index (κ2) is 5.52. The third-order valence-corrected chi connectivity index (χ3v) is 2.52. The van der Waals surface area contributed by atoms with Gasteiger partial charge in [0.2, 0.25) is 5.56 Å². The molecule has 0 aliphatic rings. The number of nitrogens with zero attached hydrogens (tertiary/aromatic N) is 4. The fraction of sp³-hybridized carbons (Fsp3) is 0.0909. The molecule has 2 heterocycles. The summed E-state index contributed by atoms with van der Waals surface area (Å²) in [5, 5.41) is 12.5. The second-order valence-corrected chi connectivity index (χ2v) is 3.66. The molecule has 0 amide bonds. The van der Waals surface area contributed by atoms with Gasteiger partial charge in [0, 0.05) is 17.0 Å². The summed E-state index contributed by atoms with van der Waals surface area (Å²) in [7, 11) is 1.48. The molecule has 3 aromatic rings. The van der Waals surface area contributed by atoms with E-state index in [1.807, 2.05) is 6.07 Å². The predicted molar refractivity (Wildman–Crippen MR) is 71.0 cm³/mol. The normalized spacial score (nSPS) is 10.2. The van der Waals surface area contributed by atoms with Gasteiger partial charge in [0.1, 0.15) is 0 Å². The monoisotopic (exact) mass is 267 g/mol. The van der Waals surface area contributed by atoms with Crippen molar-refractivity contribution in [3.05, 3.63) is 40.7 Å². The van der Waals surface area contributed by atoms with Crippen molar-refractivity contribution >= 4 is 40.5 Å². The van der Waals surface area contributed by atoms with Crippen LogP contribution in [0.25, 0.3) is 16.6 Å². The Bertz CT molecular complexity index is 767. The fourth-order valence-corrected chi connectivity index (χ4v) is 1.66. The summed E-state index contributed by atoms with van der Waals surface area (Å²) in [5.41, 5.74) is 1.37. The number of nitrogens with one attached hydrogen (secondary N) is 1. The van der Waals surface area contributed by atoms with Crippen molar-refractivity contribution in [3.63, 3.8) is 0 Å². The van der Waals surface area contributed by atoms with Crippen LogP contribution in [0.1, 0.15) is 0 Å². The van der Waals surface area contributed by atoms with Crippen LogP contribution in [-0.2, 0) is 0 Å². The number of aromatic nitrogens is 5. The summed E-state index contributed by atoms with van der Waals surface area (Å²) in [6.45, 7) is 0. The molecule has 92 valence electrons. The van der Waals surface area contributed by atoms with Crippen molar-refractivity contribution in [1.82, 2.24) is 25.2 Å². The summed E-state index contributed by atoms with van der Waals surface area (Å²) in [5.74, 6) is 0. The zero-order chi connectivity index (χ0) is 12.5. The molecule has 1 aromatic carbocycles. The Hall–Kier alpha value is -1.70. The molecule has 0 radical (unpaired) electrons. The van der Waals surface area contributed by atoms with E-state index in [-0.39, 0.29) is 41.1 Å². The molecule has 0 saturated heterocycles. The minimum atomic E-state index is -0.129. The Kier molecular flexibility index (Phi) is 3.98. The van der Waals surface area contributed by atoms with E-state index in [1.165, 1.54) is 18.0 Å². The summed E-state index contributed by atoms with van der Waals surface area (Å²) < 4.78 is 4.87. The molecule has 1 N–H and O–H groups in total. The first-order valence-electron chi connectivity index (χ1n) is 5.24. The number of methoxy groups -OCH3 is 1. The van der Waals surface area contributed by atoms with Gasteiger partial charge >= 0.3 is 35.6 Å². The fourth-order valence-electron chi connectivity index (χ4n) is 1.66. The van der Waals surface area contributed by atoms with Gasteiger partial charge in [0.05, 0.1) is 12.8 Å². The van der Waals surface area contributed by atoms with Crippen molar-refractivity contribution in [2.24, 2.45) is 0 Å². The number of hydrogen-bond donors (Lipinski definition) is 1. The number of hydrogen-bond acceptors (Lipinski definition) is 5. The summed E-state index contributed by atoms with van der Waals surface area (Å²) >= 11 is 0. The van der Waals surface area contributed by atoms with E-state index in [4.69, 9.17) is 4.74 Å². The van der Waals surface area contributed by atoms with Crippen LogP contribution < -0.4 is 10.3 Å². The quantitative estimate of drug-likeness (QED) is 0.653. The van der Waals surface area contributed by atoms with Crippen molar-refractivity contribution in [2.75, 3.05) is 7.11 Å². The molecule has 2 aromatic heterocycles. The molecule has 0 aliphatic carbocycles. The van der Waals surface area contributed by atoms with Crippen molar-refractivity contribution in [3.8, 4) is 11.7 Å². The summed E-state index contributed by atoms with van der Waals surface area (Å²) in [4.78, 5) is 15.3. The average Bonchev–Trinajstić information content (AvgIpc) is 2.87. The van der Waals surface area contributed by atoms with Gasteiger partial charge in [-0.15, -0.1) is 4.80 Å². The van der Waals surface area contributed by atoms with Gasteiger partial charge < -0.3 is 9.72 Å². The van der Waals surface area contributed by atoms with E-state index in [2.05, 4.69) is 20.4 Å². The van der Waals surface area contributed by atoms with Gasteiger partial charge in [-0.05, 0) is 29.5 Å². The number of H-pyrrole nitrogens is 1. The van der Waals surface area contributed by atoms with E-state index in [0.29, 0.717) is 0 Å². The first-order valence-corrected chi connectivity index (χ1v) is 5.24. The van der Waals surface area contributed by atoms with Crippen LogP contribution in [0.4, 0.5) is 0 Å². The summed E-state index contributed by atoms with van der Waals surface area (Å²) in [6, 6.07) is 8.86. The molecule has 0 spiro atoms. The number of tetrazole rings is 1. The Labute approximate surface area is 129 Å². The van der Waals surface area contributed by atoms with Crippen molar-refractivity contribution in [1.29, 1.82) is 0 Å². The third kappa shape index (κ3) is 2.67. The SMILES string of the molecule is COc1nnn(-c2ccc3[nH]c(=O)ccc3c2)n1.[NaH]. The van der Waals surface area contributed by atoms with Crippen LogP contribution in [0.3, 0.4) is 0 Å². The molecule has 0 bridgehead atoms. The first-order chi connectivity index (χ1) is 8.76. The Morgan fingerprint density at radius 1 is 1.26 bits per heavy atom. The van der Waals surface area contributed by atoms with Crippen molar-refractivity contribution < 1.29 is 4.74 Å². The molecule has 0 fully saturated rings. The van der Waals surface area contributed by atoms with Crippen LogP contribution in [0.15, 0.2) is 35.1 Å². The molecular weight excluding hydrogens is 257 g/mol. The summed E-state index contributed by atoms with van der Waals surface area (Å²) in [6.07, 6.45) is 0. The topological polar surface area (TPSA) is 85.7 Å². The average molecular weight is 267 g/mol. The van der Waals surface area contributed by atoms with E-state index in [0.717, 1.165) is 16.6 Å². The van der Waals surface area contributed by atoms with Crippen LogP contribution in [-0.4, -0.2) is 61.9 Å². The maximum absolute atomic E-state index is 11.2. The number of pyridine rings is 1. The molecule has 0 unspecified atom stereocenters. The van der Waals surface area contributed by atoms with E-state index >= 15 is 0 Å². The van der Waals surface area contributed by atoms with Crippen LogP contribution >= 0.6 is 0 Å². The first kappa shape index (κ1) is 13.7. The molecule has 8 heteroatoms. The molecule has 0 saturated carbocycles. The number of fused-ring (bicyclic) bond motifs is 1. The van der Waals surface area contributed by atoms with E-state index in [9.17, 15) is 4.79 Å².